The summed E-state index contributed by atoms with van der Waals surface area (Å²) in [6, 6.07) is 7.34. The van der Waals surface area contributed by atoms with Gasteiger partial charge in [-0.1, -0.05) is 38.8 Å². The summed E-state index contributed by atoms with van der Waals surface area (Å²) < 4.78 is 13.0. The van der Waals surface area contributed by atoms with Crippen molar-refractivity contribution in [2.75, 3.05) is 6.54 Å². The van der Waals surface area contributed by atoms with Gasteiger partial charge in [-0.3, -0.25) is 0 Å². The van der Waals surface area contributed by atoms with Gasteiger partial charge in [-0.15, -0.1) is 0 Å². The maximum absolute atomic E-state index is 13.0. The number of hydrogen-bond acceptors (Lipinski definition) is 1. The second kappa shape index (κ2) is 5.18. The van der Waals surface area contributed by atoms with Crippen LogP contribution in [0.3, 0.4) is 0 Å². The molecule has 0 radical (unpaired) electrons. The van der Waals surface area contributed by atoms with E-state index < -0.39 is 0 Å². The fourth-order valence-corrected chi connectivity index (χ4v) is 3.10. The maximum atomic E-state index is 13.0. The van der Waals surface area contributed by atoms with Crippen molar-refractivity contribution in [1.29, 1.82) is 0 Å². The highest BCUT2D eigenvalue weighted by Gasteiger charge is 2.37. The molecule has 0 saturated heterocycles. The standard InChI is InChI=1S/C15H22FN/c1-3-17-14(15(2)10-4-5-11-15)12-6-8-13(16)9-7-12/h6-9,14,17H,3-5,10-11H2,1-2H3. The number of nitrogens with one attached hydrogen (secondary N) is 1. The maximum Gasteiger partial charge on any atom is 0.123 e. The van der Waals surface area contributed by atoms with E-state index in [0.29, 0.717) is 11.5 Å². The van der Waals surface area contributed by atoms with E-state index in [1.165, 1.54) is 31.2 Å². The summed E-state index contributed by atoms with van der Waals surface area (Å²) in [5.41, 5.74) is 1.55. The van der Waals surface area contributed by atoms with Gasteiger partial charge < -0.3 is 5.32 Å². The van der Waals surface area contributed by atoms with Crippen LogP contribution < -0.4 is 5.32 Å². The smallest absolute Gasteiger partial charge is 0.123 e. The molecule has 0 bridgehead atoms. The minimum absolute atomic E-state index is 0.152. The predicted octanol–water partition coefficient (Wildman–Crippen LogP) is 4.06. The van der Waals surface area contributed by atoms with Crippen molar-refractivity contribution in [2.45, 2.75) is 45.6 Å². The molecule has 1 nitrogen and oxygen atoms in total. The van der Waals surface area contributed by atoms with Crippen molar-refractivity contribution in [3.8, 4) is 0 Å². The Labute approximate surface area is 103 Å². The van der Waals surface area contributed by atoms with Crippen molar-refractivity contribution in [2.24, 2.45) is 5.41 Å². The van der Waals surface area contributed by atoms with Crippen molar-refractivity contribution in [3.05, 3.63) is 35.6 Å². The van der Waals surface area contributed by atoms with E-state index in [1.54, 1.807) is 12.1 Å². The molecule has 1 aliphatic rings. The largest absolute Gasteiger partial charge is 0.310 e. The van der Waals surface area contributed by atoms with Crippen LogP contribution in [-0.2, 0) is 0 Å². The number of benzene rings is 1. The fourth-order valence-electron chi connectivity index (χ4n) is 3.10. The minimum atomic E-state index is -0.152. The molecule has 1 aromatic rings. The summed E-state index contributed by atoms with van der Waals surface area (Å²) in [6.45, 7) is 5.45. The van der Waals surface area contributed by atoms with Crippen LogP contribution in [0.1, 0.15) is 51.1 Å². The summed E-state index contributed by atoms with van der Waals surface area (Å²) in [5, 5.41) is 3.58. The Hall–Kier alpha value is -0.890. The van der Waals surface area contributed by atoms with Crippen molar-refractivity contribution >= 4 is 0 Å². The number of hydrogen-bond donors (Lipinski definition) is 1. The van der Waals surface area contributed by atoms with E-state index in [4.69, 9.17) is 0 Å². The molecule has 1 saturated carbocycles. The fraction of sp³-hybridized carbons (Fsp3) is 0.600. The average Bonchev–Trinajstić information content (AvgIpc) is 2.75. The third-order valence-corrected chi connectivity index (χ3v) is 4.05. The van der Waals surface area contributed by atoms with Crippen LogP contribution in [0.4, 0.5) is 4.39 Å². The Balaban J connectivity index is 2.24. The van der Waals surface area contributed by atoms with Crippen LogP contribution in [-0.4, -0.2) is 6.54 Å². The van der Waals surface area contributed by atoms with E-state index in [9.17, 15) is 4.39 Å². The van der Waals surface area contributed by atoms with Crippen molar-refractivity contribution in [3.63, 3.8) is 0 Å². The SMILES string of the molecule is CCNC(c1ccc(F)cc1)C1(C)CCCC1. The summed E-state index contributed by atoms with van der Waals surface area (Å²) in [6.07, 6.45) is 5.17. The van der Waals surface area contributed by atoms with Gasteiger partial charge in [0, 0.05) is 6.04 Å². The molecule has 2 rings (SSSR count). The van der Waals surface area contributed by atoms with Crippen LogP contribution >= 0.6 is 0 Å². The second-order valence-corrected chi connectivity index (χ2v) is 5.40. The monoisotopic (exact) mass is 235 g/mol. The van der Waals surface area contributed by atoms with Gasteiger partial charge in [0.1, 0.15) is 5.82 Å². The quantitative estimate of drug-likeness (QED) is 0.830. The summed E-state index contributed by atoms with van der Waals surface area (Å²) in [5.74, 6) is -0.152. The molecule has 1 aliphatic carbocycles. The Morgan fingerprint density at radius 1 is 1.24 bits per heavy atom. The molecular formula is C15H22FN. The number of halogens is 1. The molecule has 94 valence electrons. The third kappa shape index (κ3) is 2.68. The molecule has 0 aliphatic heterocycles. The zero-order chi connectivity index (χ0) is 12.3. The zero-order valence-electron chi connectivity index (χ0n) is 10.8. The highest BCUT2D eigenvalue weighted by atomic mass is 19.1. The van der Waals surface area contributed by atoms with Crippen LogP contribution in [0, 0.1) is 11.2 Å². The molecular weight excluding hydrogens is 213 g/mol. The van der Waals surface area contributed by atoms with Crippen LogP contribution in [0.15, 0.2) is 24.3 Å². The first kappa shape index (κ1) is 12.6. The second-order valence-electron chi connectivity index (χ2n) is 5.40. The first-order chi connectivity index (χ1) is 8.15. The van der Waals surface area contributed by atoms with Gasteiger partial charge in [-0.05, 0) is 42.5 Å². The summed E-state index contributed by atoms with van der Waals surface area (Å²) >= 11 is 0. The first-order valence-electron chi connectivity index (χ1n) is 6.64. The molecule has 0 aromatic heterocycles. The molecule has 0 heterocycles. The zero-order valence-corrected chi connectivity index (χ0v) is 10.8. The van der Waals surface area contributed by atoms with E-state index in [2.05, 4.69) is 19.2 Å². The lowest BCUT2D eigenvalue weighted by Crippen LogP contribution is -2.34. The van der Waals surface area contributed by atoms with E-state index >= 15 is 0 Å². The lowest BCUT2D eigenvalue weighted by Gasteiger charge is -2.35. The molecule has 2 heteroatoms. The molecule has 1 aromatic carbocycles. The predicted molar refractivity (Wildman–Crippen MR) is 69.4 cm³/mol. The Kier molecular flexibility index (Phi) is 3.82. The Bertz CT molecular complexity index is 352. The number of rotatable bonds is 4. The minimum Gasteiger partial charge on any atom is -0.310 e. The van der Waals surface area contributed by atoms with Gasteiger partial charge in [0.2, 0.25) is 0 Å². The summed E-state index contributed by atoms with van der Waals surface area (Å²) in [7, 11) is 0. The lowest BCUT2D eigenvalue weighted by atomic mass is 9.77. The van der Waals surface area contributed by atoms with Crippen LogP contribution in [0.5, 0.6) is 0 Å². The Morgan fingerprint density at radius 3 is 2.35 bits per heavy atom. The van der Waals surface area contributed by atoms with Gasteiger partial charge in [-0.2, -0.15) is 0 Å². The van der Waals surface area contributed by atoms with E-state index in [0.717, 1.165) is 6.54 Å². The Morgan fingerprint density at radius 2 is 1.82 bits per heavy atom. The molecule has 1 fully saturated rings. The molecule has 1 unspecified atom stereocenters. The van der Waals surface area contributed by atoms with Crippen LogP contribution in [0.25, 0.3) is 0 Å². The van der Waals surface area contributed by atoms with Gasteiger partial charge >= 0.3 is 0 Å². The average molecular weight is 235 g/mol. The molecule has 17 heavy (non-hydrogen) atoms. The van der Waals surface area contributed by atoms with Crippen molar-refractivity contribution in [1.82, 2.24) is 5.32 Å². The van der Waals surface area contributed by atoms with Crippen molar-refractivity contribution < 1.29 is 4.39 Å². The molecule has 1 N–H and O–H groups in total. The van der Waals surface area contributed by atoms with Gasteiger partial charge in [0.15, 0.2) is 0 Å². The van der Waals surface area contributed by atoms with Crippen LogP contribution in [0.2, 0.25) is 0 Å². The normalized spacial score (nSPS) is 20.4. The summed E-state index contributed by atoms with van der Waals surface area (Å²) in [4.78, 5) is 0. The van der Waals surface area contributed by atoms with Gasteiger partial charge in [-0.25, -0.2) is 4.39 Å². The first-order valence-corrected chi connectivity index (χ1v) is 6.64. The van der Waals surface area contributed by atoms with Gasteiger partial charge in [0.05, 0.1) is 0 Å². The lowest BCUT2D eigenvalue weighted by molar-refractivity contribution is 0.226. The third-order valence-electron chi connectivity index (χ3n) is 4.05. The highest BCUT2D eigenvalue weighted by Crippen LogP contribution is 2.47. The highest BCUT2D eigenvalue weighted by molar-refractivity contribution is 5.22. The molecule has 0 amide bonds. The molecule has 0 spiro atoms. The van der Waals surface area contributed by atoms with E-state index in [-0.39, 0.29) is 5.82 Å². The molecule has 1 atom stereocenters. The topological polar surface area (TPSA) is 12.0 Å². The van der Waals surface area contributed by atoms with E-state index in [1.807, 2.05) is 12.1 Å². The van der Waals surface area contributed by atoms with Gasteiger partial charge in [0.25, 0.3) is 0 Å².